The van der Waals surface area contributed by atoms with E-state index in [4.69, 9.17) is 23.2 Å². The third-order valence-electron chi connectivity index (χ3n) is 6.23. The fraction of sp³-hybridized carbons (Fsp3) is 0.333. The Kier molecular flexibility index (Phi) is 9.93. The molecule has 40 heavy (non-hydrogen) atoms. The molecule has 0 heterocycles. The summed E-state index contributed by atoms with van der Waals surface area (Å²) in [6, 6.07) is 17.3. The van der Waals surface area contributed by atoms with E-state index in [0.29, 0.717) is 21.3 Å². The number of sulfonamides is 1. The first-order valence-electron chi connectivity index (χ1n) is 12.8. The molecule has 0 aliphatic rings. The van der Waals surface area contributed by atoms with Crippen LogP contribution in [0.1, 0.15) is 44.4 Å². The van der Waals surface area contributed by atoms with Gasteiger partial charge in [0.25, 0.3) is 10.0 Å². The summed E-state index contributed by atoms with van der Waals surface area (Å²) in [5, 5.41) is 3.66. The molecule has 0 saturated heterocycles. The lowest BCUT2D eigenvalue weighted by atomic mass is 10.1. The third-order valence-corrected chi connectivity index (χ3v) is 8.61. The monoisotopic (exact) mass is 603 g/mol. The van der Waals surface area contributed by atoms with Crippen LogP contribution in [0.4, 0.5) is 5.69 Å². The summed E-state index contributed by atoms with van der Waals surface area (Å²) in [6.07, 6.45) is 0. The fourth-order valence-corrected chi connectivity index (χ4v) is 5.85. The summed E-state index contributed by atoms with van der Waals surface area (Å²) in [7, 11) is -4.13. The van der Waals surface area contributed by atoms with E-state index in [2.05, 4.69) is 5.32 Å². The van der Waals surface area contributed by atoms with Gasteiger partial charge in [0.2, 0.25) is 11.8 Å². The van der Waals surface area contributed by atoms with Crippen LogP contribution in [0.15, 0.2) is 71.6 Å². The molecule has 10 heteroatoms. The Bertz CT molecular complexity index is 1470. The predicted octanol–water partition coefficient (Wildman–Crippen LogP) is 6.14. The first kappa shape index (κ1) is 31.5. The molecule has 214 valence electrons. The van der Waals surface area contributed by atoms with Gasteiger partial charge in [0.05, 0.1) is 10.6 Å². The molecule has 0 saturated carbocycles. The van der Waals surface area contributed by atoms with Gasteiger partial charge in [-0.25, -0.2) is 8.42 Å². The zero-order valence-electron chi connectivity index (χ0n) is 23.5. The van der Waals surface area contributed by atoms with E-state index >= 15 is 0 Å². The third kappa shape index (κ3) is 7.99. The Morgan fingerprint density at radius 2 is 1.45 bits per heavy atom. The van der Waals surface area contributed by atoms with E-state index < -0.39 is 34.1 Å². The topological polar surface area (TPSA) is 86.8 Å². The van der Waals surface area contributed by atoms with Crippen LogP contribution in [0.3, 0.4) is 0 Å². The molecule has 1 N–H and O–H groups in total. The second-order valence-corrected chi connectivity index (χ2v) is 13.5. The second-order valence-electron chi connectivity index (χ2n) is 10.8. The molecule has 0 spiro atoms. The van der Waals surface area contributed by atoms with Gasteiger partial charge in [0, 0.05) is 22.1 Å². The summed E-state index contributed by atoms with van der Waals surface area (Å²) in [4.78, 5) is 28.6. The number of nitrogens with zero attached hydrogens (tertiary/aromatic N) is 2. The van der Waals surface area contributed by atoms with Crippen molar-refractivity contribution >= 4 is 50.7 Å². The number of rotatable bonds is 9. The quantitative estimate of drug-likeness (QED) is 0.318. The van der Waals surface area contributed by atoms with E-state index in [1.807, 2.05) is 34.6 Å². The summed E-state index contributed by atoms with van der Waals surface area (Å²) < 4.78 is 28.8. The van der Waals surface area contributed by atoms with Gasteiger partial charge in [-0.2, -0.15) is 0 Å². The van der Waals surface area contributed by atoms with Crippen LogP contribution in [-0.2, 0) is 26.2 Å². The summed E-state index contributed by atoms with van der Waals surface area (Å²) in [5.74, 6) is -0.951. The van der Waals surface area contributed by atoms with Crippen molar-refractivity contribution in [1.29, 1.82) is 0 Å². The number of carbonyl (C=O) groups excluding carboxylic acids is 2. The minimum atomic E-state index is -4.13. The van der Waals surface area contributed by atoms with Crippen molar-refractivity contribution in [2.75, 3.05) is 10.8 Å². The van der Waals surface area contributed by atoms with Crippen LogP contribution in [0.25, 0.3) is 0 Å². The molecular formula is C30H35Cl2N3O4S. The van der Waals surface area contributed by atoms with Crippen molar-refractivity contribution in [2.45, 2.75) is 64.6 Å². The van der Waals surface area contributed by atoms with E-state index in [1.165, 1.54) is 17.0 Å². The molecule has 0 aliphatic heterocycles. The number of nitrogens with one attached hydrogen (secondary N) is 1. The number of benzene rings is 3. The first-order valence-corrected chi connectivity index (χ1v) is 15.0. The molecular weight excluding hydrogens is 569 g/mol. The highest BCUT2D eigenvalue weighted by Gasteiger charge is 2.33. The van der Waals surface area contributed by atoms with E-state index in [0.717, 1.165) is 15.4 Å². The minimum absolute atomic E-state index is 0.0279. The molecule has 0 radical (unpaired) electrons. The van der Waals surface area contributed by atoms with Gasteiger partial charge in [-0.05, 0) is 83.5 Å². The average molecular weight is 605 g/mol. The Morgan fingerprint density at radius 1 is 0.900 bits per heavy atom. The zero-order chi connectivity index (χ0) is 29.8. The maximum atomic E-state index is 14.0. The first-order chi connectivity index (χ1) is 18.6. The van der Waals surface area contributed by atoms with Crippen LogP contribution in [-0.4, -0.2) is 43.3 Å². The molecule has 0 unspecified atom stereocenters. The standard InChI is InChI=1S/C30H35Cl2N3O4S/c1-20-7-13-25(14-8-20)35(40(38,39)26-15-9-21(2)10-16-26)19-28(36)34(22(3)29(37)33-30(4,5)6)18-23-11-12-24(31)17-27(23)32/h7-17,22H,18-19H2,1-6H3,(H,33,37)/t22-/m0/s1. The molecule has 2 amide bonds. The number of halogens is 2. The molecule has 1 atom stereocenters. The lowest BCUT2D eigenvalue weighted by Gasteiger charge is -2.33. The van der Waals surface area contributed by atoms with Crippen LogP contribution in [0, 0.1) is 13.8 Å². The van der Waals surface area contributed by atoms with Crippen molar-refractivity contribution in [3.63, 3.8) is 0 Å². The van der Waals surface area contributed by atoms with E-state index in [-0.39, 0.29) is 17.3 Å². The molecule has 0 bridgehead atoms. The van der Waals surface area contributed by atoms with E-state index in [9.17, 15) is 18.0 Å². The van der Waals surface area contributed by atoms with E-state index in [1.54, 1.807) is 61.5 Å². The van der Waals surface area contributed by atoms with Gasteiger partial charge in [0.1, 0.15) is 12.6 Å². The Labute approximate surface area is 247 Å². The molecule has 7 nitrogen and oxygen atoms in total. The van der Waals surface area contributed by atoms with Crippen LogP contribution in [0.5, 0.6) is 0 Å². The SMILES string of the molecule is Cc1ccc(N(CC(=O)N(Cc2ccc(Cl)cc2Cl)[C@@H](C)C(=O)NC(C)(C)C)S(=O)(=O)c2ccc(C)cc2)cc1. The molecule has 0 fully saturated rings. The van der Waals surface area contributed by atoms with Crippen molar-refractivity contribution < 1.29 is 18.0 Å². The molecule has 3 aromatic rings. The maximum absolute atomic E-state index is 14.0. The van der Waals surface area contributed by atoms with Crippen molar-refractivity contribution in [3.05, 3.63) is 93.5 Å². The Balaban J connectivity index is 2.05. The number of hydrogen-bond acceptors (Lipinski definition) is 4. The van der Waals surface area contributed by atoms with Crippen LogP contribution < -0.4 is 9.62 Å². The number of hydrogen-bond donors (Lipinski definition) is 1. The summed E-state index contributed by atoms with van der Waals surface area (Å²) in [5.41, 5.74) is 2.20. The molecule has 3 rings (SSSR count). The number of aryl methyl sites for hydroxylation is 2. The Morgan fingerprint density at radius 3 is 1.98 bits per heavy atom. The van der Waals surface area contributed by atoms with Gasteiger partial charge in [-0.3, -0.25) is 13.9 Å². The highest BCUT2D eigenvalue weighted by molar-refractivity contribution is 7.92. The summed E-state index contributed by atoms with van der Waals surface area (Å²) in [6.45, 7) is 10.3. The highest BCUT2D eigenvalue weighted by Crippen LogP contribution is 2.27. The lowest BCUT2D eigenvalue weighted by molar-refractivity contribution is -0.140. The maximum Gasteiger partial charge on any atom is 0.264 e. The fourth-order valence-electron chi connectivity index (χ4n) is 3.97. The summed E-state index contributed by atoms with van der Waals surface area (Å²) >= 11 is 12.5. The molecule has 0 aliphatic carbocycles. The van der Waals surface area contributed by atoms with Crippen molar-refractivity contribution in [2.24, 2.45) is 0 Å². The van der Waals surface area contributed by atoms with Gasteiger partial charge < -0.3 is 10.2 Å². The lowest BCUT2D eigenvalue weighted by Crippen LogP contribution is -2.54. The molecule has 3 aromatic carbocycles. The number of carbonyl (C=O) groups is 2. The number of amides is 2. The normalized spacial score (nSPS) is 12.5. The molecule has 0 aromatic heterocycles. The van der Waals surface area contributed by atoms with Crippen LogP contribution >= 0.6 is 23.2 Å². The average Bonchev–Trinajstić information content (AvgIpc) is 2.86. The Hall–Kier alpha value is -3.07. The smallest absolute Gasteiger partial charge is 0.264 e. The van der Waals surface area contributed by atoms with Gasteiger partial charge >= 0.3 is 0 Å². The highest BCUT2D eigenvalue weighted by atomic mass is 35.5. The van der Waals surface area contributed by atoms with Gasteiger partial charge in [-0.15, -0.1) is 0 Å². The number of anilines is 1. The minimum Gasteiger partial charge on any atom is -0.350 e. The second kappa shape index (κ2) is 12.6. The van der Waals surface area contributed by atoms with Crippen molar-refractivity contribution in [1.82, 2.24) is 10.2 Å². The van der Waals surface area contributed by atoms with Gasteiger partial charge in [-0.1, -0.05) is 64.7 Å². The predicted molar refractivity (Wildman–Crippen MR) is 161 cm³/mol. The largest absolute Gasteiger partial charge is 0.350 e. The van der Waals surface area contributed by atoms with Crippen LogP contribution in [0.2, 0.25) is 10.0 Å². The van der Waals surface area contributed by atoms with Gasteiger partial charge in [0.15, 0.2) is 0 Å². The van der Waals surface area contributed by atoms with Crippen molar-refractivity contribution in [3.8, 4) is 0 Å². The zero-order valence-corrected chi connectivity index (χ0v) is 25.9.